The number of hydrogen-bond acceptors (Lipinski definition) is 3. The van der Waals surface area contributed by atoms with Gasteiger partial charge in [-0.15, -0.1) is 24.0 Å². The molecule has 0 aliphatic carbocycles. The predicted molar refractivity (Wildman–Crippen MR) is 144 cm³/mol. The summed E-state index contributed by atoms with van der Waals surface area (Å²) in [6.07, 6.45) is 3.59. The Hall–Kier alpha value is -1.35. The van der Waals surface area contributed by atoms with Gasteiger partial charge in [-0.05, 0) is 56.3 Å². The molecule has 0 spiro atoms. The van der Waals surface area contributed by atoms with Crippen LogP contribution in [-0.2, 0) is 17.8 Å². The Morgan fingerprint density at radius 2 is 1.88 bits per heavy atom. The van der Waals surface area contributed by atoms with E-state index in [2.05, 4.69) is 60.2 Å². The second-order valence-corrected chi connectivity index (χ2v) is 8.76. The summed E-state index contributed by atoms with van der Waals surface area (Å²) in [6, 6.07) is 8.47. The quantitative estimate of drug-likeness (QED) is 0.219. The summed E-state index contributed by atoms with van der Waals surface area (Å²) in [7, 11) is 0. The van der Waals surface area contributed by atoms with Crippen molar-refractivity contribution in [3.05, 3.63) is 35.4 Å². The number of aliphatic imine (C=N–C) groups is 1. The maximum atomic E-state index is 12.7. The standard InChI is InChI=1S/C25H41N5O.HI/c1-4-26-25(30-16-13-21(19-30)18-28(5-2)6-3)27-15-9-12-24(31)29-17-14-22-10-7-8-11-23(22)20-29;/h7-8,10-11,21H,4-6,9,12-20H2,1-3H3,(H,26,27);1H. The molecule has 1 unspecified atom stereocenters. The molecule has 1 atom stereocenters. The maximum absolute atomic E-state index is 12.7. The average molecular weight is 556 g/mol. The number of likely N-dealkylation sites (tertiary alicyclic amines) is 1. The summed E-state index contributed by atoms with van der Waals surface area (Å²) in [5, 5.41) is 3.46. The minimum absolute atomic E-state index is 0. The van der Waals surface area contributed by atoms with E-state index in [0.29, 0.717) is 18.9 Å². The van der Waals surface area contributed by atoms with E-state index >= 15 is 0 Å². The molecule has 2 heterocycles. The van der Waals surface area contributed by atoms with Gasteiger partial charge in [0, 0.05) is 52.2 Å². The Balaban J connectivity index is 0.00000363. The summed E-state index contributed by atoms with van der Waals surface area (Å²) in [5.41, 5.74) is 2.68. The molecule has 1 amide bonds. The van der Waals surface area contributed by atoms with Crippen LogP contribution in [0.3, 0.4) is 0 Å². The first-order chi connectivity index (χ1) is 15.1. The molecule has 1 fully saturated rings. The molecule has 32 heavy (non-hydrogen) atoms. The highest BCUT2D eigenvalue weighted by Gasteiger charge is 2.26. The fourth-order valence-corrected chi connectivity index (χ4v) is 4.73. The van der Waals surface area contributed by atoms with Gasteiger partial charge in [0.2, 0.25) is 5.91 Å². The Kier molecular flexibility index (Phi) is 11.8. The van der Waals surface area contributed by atoms with E-state index in [1.807, 2.05) is 4.90 Å². The lowest BCUT2D eigenvalue weighted by molar-refractivity contribution is -0.132. The topological polar surface area (TPSA) is 51.2 Å². The van der Waals surface area contributed by atoms with Gasteiger partial charge in [-0.2, -0.15) is 0 Å². The number of benzene rings is 1. The van der Waals surface area contributed by atoms with Gasteiger partial charge < -0.3 is 20.0 Å². The van der Waals surface area contributed by atoms with Gasteiger partial charge in [-0.25, -0.2) is 0 Å². The number of carbonyl (C=O) groups is 1. The number of amides is 1. The smallest absolute Gasteiger partial charge is 0.222 e. The number of nitrogens with one attached hydrogen (secondary N) is 1. The predicted octanol–water partition coefficient (Wildman–Crippen LogP) is 3.60. The molecule has 6 nitrogen and oxygen atoms in total. The highest BCUT2D eigenvalue weighted by atomic mass is 127. The van der Waals surface area contributed by atoms with Crippen molar-refractivity contribution < 1.29 is 4.79 Å². The molecule has 0 bridgehead atoms. The van der Waals surface area contributed by atoms with Gasteiger partial charge in [0.05, 0.1) is 0 Å². The minimum Gasteiger partial charge on any atom is -0.357 e. The fourth-order valence-electron chi connectivity index (χ4n) is 4.73. The summed E-state index contributed by atoms with van der Waals surface area (Å²) < 4.78 is 0. The van der Waals surface area contributed by atoms with Gasteiger partial charge in [-0.1, -0.05) is 38.1 Å². The van der Waals surface area contributed by atoms with E-state index in [1.165, 1.54) is 24.1 Å². The lowest BCUT2D eigenvalue weighted by atomic mass is 9.99. The second-order valence-electron chi connectivity index (χ2n) is 8.76. The van der Waals surface area contributed by atoms with Crippen LogP contribution < -0.4 is 5.32 Å². The SMILES string of the molecule is CCNC(=NCCCC(=O)N1CCc2ccccc2C1)N1CCC(CN(CC)CC)C1.I. The molecule has 0 saturated carbocycles. The Morgan fingerprint density at radius 3 is 2.59 bits per heavy atom. The molecule has 180 valence electrons. The van der Waals surface area contributed by atoms with Crippen LogP contribution in [-0.4, -0.2) is 78.9 Å². The molecule has 1 aromatic carbocycles. The van der Waals surface area contributed by atoms with Crippen LogP contribution in [0.4, 0.5) is 0 Å². The minimum atomic E-state index is 0. The summed E-state index contributed by atoms with van der Waals surface area (Å²) in [5.74, 6) is 1.99. The summed E-state index contributed by atoms with van der Waals surface area (Å²) in [4.78, 5) is 24.5. The summed E-state index contributed by atoms with van der Waals surface area (Å²) >= 11 is 0. The lowest BCUT2D eigenvalue weighted by Crippen LogP contribution is -2.41. The molecule has 1 N–H and O–H groups in total. The molecule has 1 saturated heterocycles. The van der Waals surface area contributed by atoms with E-state index in [0.717, 1.165) is 64.6 Å². The van der Waals surface area contributed by atoms with E-state index in [4.69, 9.17) is 4.99 Å². The van der Waals surface area contributed by atoms with Crippen molar-refractivity contribution in [1.82, 2.24) is 20.0 Å². The van der Waals surface area contributed by atoms with E-state index in [-0.39, 0.29) is 29.9 Å². The Bertz CT molecular complexity index is 737. The maximum Gasteiger partial charge on any atom is 0.222 e. The molecule has 3 rings (SSSR count). The third kappa shape index (κ3) is 7.61. The molecule has 0 radical (unpaired) electrons. The number of rotatable bonds is 9. The third-order valence-corrected chi connectivity index (χ3v) is 6.62. The van der Waals surface area contributed by atoms with E-state index in [9.17, 15) is 4.79 Å². The highest BCUT2D eigenvalue weighted by Crippen LogP contribution is 2.20. The van der Waals surface area contributed by atoms with Crippen LogP contribution in [0.5, 0.6) is 0 Å². The van der Waals surface area contributed by atoms with Crippen molar-refractivity contribution in [2.75, 3.05) is 52.4 Å². The number of carbonyl (C=O) groups excluding carboxylic acids is 1. The number of fused-ring (bicyclic) bond motifs is 1. The zero-order valence-corrected chi connectivity index (χ0v) is 22.5. The summed E-state index contributed by atoms with van der Waals surface area (Å²) in [6.45, 7) is 15.3. The third-order valence-electron chi connectivity index (χ3n) is 6.62. The highest BCUT2D eigenvalue weighted by molar-refractivity contribution is 14.0. The van der Waals surface area contributed by atoms with Crippen LogP contribution >= 0.6 is 24.0 Å². The van der Waals surface area contributed by atoms with Crippen molar-refractivity contribution >= 4 is 35.8 Å². The van der Waals surface area contributed by atoms with Gasteiger partial charge in [0.1, 0.15) is 0 Å². The largest absolute Gasteiger partial charge is 0.357 e. The van der Waals surface area contributed by atoms with Crippen LogP contribution in [0.15, 0.2) is 29.3 Å². The van der Waals surface area contributed by atoms with E-state index < -0.39 is 0 Å². The van der Waals surface area contributed by atoms with Crippen LogP contribution in [0.2, 0.25) is 0 Å². The van der Waals surface area contributed by atoms with Crippen molar-refractivity contribution in [2.24, 2.45) is 10.9 Å². The van der Waals surface area contributed by atoms with Crippen molar-refractivity contribution in [2.45, 2.75) is 53.0 Å². The Labute approximate surface area is 211 Å². The van der Waals surface area contributed by atoms with E-state index in [1.54, 1.807) is 0 Å². The van der Waals surface area contributed by atoms with Crippen molar-refractivity contribution in [1.29, 1.82) is 0 Å². The van der Waals surface area contributed by atoms with Gasteiger partial charge >= 0.3 is 0 Å². The Morgan fingerprint density at radius 1 is 1.12 bits per heavy atom. The zero-order chi connectivity index (χ0) is 22.1. The first-order valence-corrected chi connectivity index (χ1v) is 12.2. The first-order valence-electron chi connectivity index (χ1n) is 12.2. The first kappa shape index (κ1) is 26.9. The molecule has 1 aromatic rings. The molecule has 2 aliphatic heterocycles. The van der Waals surface area contributed by atoms with Crippen LogP contribution in [0.25, 0.3) is 0 Å². The van der Waals surface area contributed by atoms with Crippen molar-refractivity contribution in [3.8, 4) is 0 Å². The van der Waals surface area contributed by atoms with Crippen LogP contribution in [0, 0.1) is 5.92 Å². The normalized spacial score (nSPS) is 18.5. The number of nitrogens with zero attached hydrogens (tertiary/aromatic N) is 4. The molecule has 2 aliphatic rings. The molecule has 7 heteroatoms. The second kappa shape index (κ2) is 14.0. The van der Waals surface area contributed by atoms with Gasteiger partial charge in [-0.3, -0.25) is 9.79 Å². The lowest BCUT2D eigenvalue weighted by Gasteiger charge is -2.29. The zero-order valence-electron chi connectivity index (χ0n) is 20.2. The van der Waals surface area contributed by atoms with Gasteiger partial charge in [0.15, 0.2) is 5.96 Å². The average Bonchev–Trinajstić information content (AvgIpc) is 3.27. The van der Waals surface area contributed by atoms with Crippen molar-refractivity contribution in [3.63, 3.8) is 0 Å². The fraction of sp³-hybridized carbons (Fsp3) is 0.680. The molecular formula is C25H42IN5O. The monoisotopic (exact) mass is 555 g/mol. The number of guanidine groups is 1. The van der Waals surface area contributed by atoms with Gasteiger partial charge in [0.25, 0.3) is 0 Å². The molecular weight excluding hydrogens is 513 g/mol. The number of hydrogen-bond donors (Lipinski definition) is 1. The molecule has 0 aromatic heterocycles. The number of halogens is 1. The van der Waals surface area contributed by atoms with Crippen LogP contribution in [0.1, 0.15) is 51.2 Å².